The highest BCUT2D eigenvalue weighted by atomic mass is 79.9. The number of rotatable bonds is 1. The predicted molar refractivity (Wildman–Crippen MR) is 70.8 cm³/mol. The minimum atomic E-state index is 0.736. The predicted octanol–water partition coefficient (Wildman–Crippen LogP) is 3.62. The van der Waals surface area contributed by atoms with Gasteiger partial charge in [-0.15, -0.1) is 0 Å². The molecule has 1 aromatic carbocycles. The fourth-order valence-electron chi connectivity index (χ4n) is 3.29. The summed E-state index contributed by atoms with van der Waals surface area (Å²) in [6, 6.07) is 7.59. The van der Waals surface area contributed by atoms with Crippen LogP contribution in [0.4, 0.5) is 0 Å². The Labute approximate surface area is 106 Å². The molecule has 0 aromatic heterocycles. The van der Waals surface area contributed by atoms with Crippen LogP contribution in [0, 0.1) is 0 Å². The molecule has 1 aromatic rings. The first-order valence-corrected chi connectivity index (χ1v) is 7.15. The molecule has 1 aliphatic heterocycles. The van der Waals surface area contributed by atoms with Gasteiger partial charge in [-0.25, -0.2) is 0 Å². The molecule has 86 valence electrons. The average molecular weight is 280 g/mol. The third kappa shape index (κ3) is 1.93. The topological polar surface area (TPSA) is 12.0 Å². The van der Waals surface area contributed by atoms with Gasteiger partial charge in [-0.2, -0.15) is 0 Å². The van der Waals surface area contributed by atoms with Crippen LogP contribution in [0.1, 0.15) is 42.7 Å². The van der Waals surface area contributed by atoms with E-state index in [1.807, 2.05) is 0 Å². The van der Waals surface area contributed by atoms with Crippen LogP contribution in [0.2, 0.25) is 0 Å². The van der Waals surface area contributed by atoms with Crippen LogP contribution in [-0.4, -0.2) is 12.6 Å². The van der Waals surface area contributed by atoms with E-state index >= 15 is 0 Å². The van der Waals surface area contributed by atoms with Gasteiger partial charge in [0.25, 0.3) is 0 Å². The Kier molecular flexibility index (Phi) is 3.03. The van der Waals surface area contributed by atoms with Gasteiger partial charge in [0, 0.05) is 10.5 Å². The Balaban J connectivity index is 1.93. The van der Waals surface area contributed by atoms with Crippen molar-refractivity contribution in [3.8, 4) is 0 Å². The first kappa shape index (κ1) is 10.8. The number of hydrogen-bond donors (Lipinski definition) is 1. The summed E-state index contributed by atoms with van der Waals surface area (Å²) < 4.78 is 1.23. The Morgan fingerprint density at radius 2 is 2.12 bits per heavy atom. The smallest absolute Gasteiger partial charge is 0.0178 e. The highest BCUT2D eigenvalue weighted by molar-refractivity contribution is 9.10. The lowest BCUT2D eigenvalue weighted by atomic mass is 9.78. The van der Waals surface area contributed by atoms with Crippen molar-refractivity contribution >= 4 is 15.9 Å². The summed E-state index contributed by atoms with van der Waals surface area (Å²) in [5.41, 5.74) is 3.17. The Morgan fingerprint density at radius 3 is 2.94 bits per heavy atom. The van der Waals surface area contributed by atoms with Gasteiger partial charge in [-0.05, 0) is 67.8 Å². The Bertz CT molecular complexity index is 382. The van der Waals surface area contributed by atoms with Crippen LogP contribution < -0.4 is 5.32 Å². The third-order valence-corrected chi connectivity index (χ3v) is 4.54. The number of halogens is 1. The van der Waals surface area contributed by atoms with Gasteiger partial charge in [-0.1, -0.05) is 22.0 Å². The van der Waals surface area contributed by atoms with E-state index < -0.39 is 0 Å². The van der Waals surface area contributed by atoms with Crippen molar-refractivity contribution in [2.45, 2.75) is 44.1 Å². The van der Waals surface area contributed by atoms with Crippen molar-refractivity contribution < 1.29 is 0 Å². The second-order valence-electron chi connectivity index (χ2n) is 5.04. The molecule has 1 heterocycles. The summed E-state index contributed by atoms with van der Waals surface area (Å²) in [5.74, 6) is 0.763. The summed E-state index contributed by atoms with van der Waals surface area (Å²) in [6.07, 6.45) is 6.70. The number of fused-ring (bicyclic) bond motifs is 1. The third-order valence-electron chi connectivity index (χ3n) is 4.05. The monoisotopic (exact) mass is 279 g/mol. The second kappa shape index (κ2) is 4.50. The molecule has 0 spiro atoms. The van der Waals surface area contributed by atoms with E-state index in [1.54, 1.807) is 11.1 Å². The van der Waals surface area contributed by atoms with E-state index in [9.17, 15) is 0 Å². The van der Waals surface area contributed by atoms with Crippen LogP contribution in [-0.2, 0) is 6.42 Å². The molecule has 1 fully saturated rings. The van der Waals surface area contributed by atoms with E-state index in [0.29, 0.717) is 0 Å². The molecule has 2 heteroatoms. The van der Waals surface area contributed by atoms with Crippen molar-refractivity contribution in [3.63, 3.8) is 0 Å². The Morgan fingerprint density at radius 1 is 1.19 bits per heavy atom. The SMILES string of the molecule is Brc1ccc2c(c1)CCCC2C1CCCN1. The van der Waals surface area contributed by atoms with Crippen LogP contribution in [0.25, 0.3) is 0 Å². The first-order valence-electron chi connectivity index (χ1n) is 6.36. The molecule has 2 unspecified atom stereocenters. The van der Waals surface area contributed by atoms with Crippen molar-refractivity contribution in [3.05, 3.63) is 33.8 Å². The van der Waals surface area contributed by atoms with Crippen molar-refractivity contribution in [1.29, 1.82) is 0 Å². The molecule has 0 amide bonds. The average Bonchev–Trinajstić information content (AvgIpc) is 2.81. The summed E-state index contributed by atoms with van der Waals surface area (Å²) in [4.78, 5) is 0. The van der Waals surface area contributed by atoms with Gasteiger partial charge in [0.1, 0.15) is 0 Å². The molecule has 0 radical (unpaired) electrons. The molecule has 1 saturated heterocycles. The summed E-state index contributed by atoms with van der Waals surface area (Å²) in [5, 5.41) is 3.67. The van der Waals surface area contributed by atoms with Gasteiger partial charge in [0.05, 0.1) is 0 Å². The fraction of sp³-hybridized carbons (Fsp3) is 0.571. The normalized spacial score (nSPS) is 29.1. The lowest BCUT2D eigenvalue weighted by molar-refractivity contribution is 0.432. The van der Waals surface area contributed by atoms with Crippen molar-refractivity contribution in [1.82, 2.24) is 5.32 Å². The first-order chi connectivity index (χ1) is 7.84. The van der Waals surface area contributed by atoms with E-state index in [1.165, 1.54) is 43.1 Å². The quantitative estimate of drug-likeness (QED) is 0.828. The van der Waals surface area contributed by atoms with Crippen LogP contribution in [0.15, 0.2) is 22.7 Å². The van der Waals surface area contributed by atoms with E-state index in [-0.39, 0.29) is 0 Å². The fourth-order valence-corrected chi connectivity index (χ4v) is 3.70. The summed E-state index contributed by atoms with van der Waals surface area (Å²) >= 11 is 3.58. The minimum Gasteiger partial charge on any atom is -0.313 e. The van der Waals surface area contributed by atoms with Gasteiger partial charge < -0.3 is 5.32 Å². The van der Waals surface area contributed by atoms with Crippen LogP contribution >= 0.6 is 15.9 Å². The van der Waals surface area contributed by atoms with Crippen LogP contribution in [0.5, 0.6) is 0 Å². The maximum absolute atomic E-state index is 3.67. The summed E-state index contributed by atoms with van der Waals surface area (Å²) in [6.45, 7) is 1.22. The maximum atomic E-state index is 3.67. The minimum absolute atomic E-state index is 0.736. The summed E-state index contributed by atoms with van der Waals surface area (Å²) in [7, 11) is 0. The van der Waals surface area contributed by atoms with Crippen molar-refractivity contribution in [2.75, 3.05) is 6.54 Å². The highest BCUT2D eigenvalue weighted by Gasteiger charge is 2.29. The molecule has 2 atom stereocenters. The second-order valence-corrected chi connectivity index (χ2v) is 5.96. The van der Waals surface area contributed by atoms with Crippen molar-refractivity contribution in [2.24, 2.45) is 0 Å². The maximum Gasteiger partial charge on any atom is 0.0178 e. The lowest BCUT2D eigenvalue weighted by Gasteiger charge is -2.30. The van der Waals surface area contributed by atoms with Gasteiger partial charge >= 0.3 is 0 Å². The molecule has 16 heavy (non-hydrogen) atoms. The molecule has 1 nitrogen and oxygen atoms in total. The molecule has 0 saturated carbocycles. The zero-order valence-electron chi connectivity index (χ0n) is 9.51. The number of aryl methyl sites for hydroxylation is 1. The van der Waals surface area contributed by atoms with Crippen LogP contribution in [0.3, 0.4) is 0 Å². The van der Waals surface area contributed by atoms with E-state index in [0.717, 1.165) is 12.0 Å². The van der Waals surface area contributed by atoms with Gasteiger partial charge in [0.15, 0.2) is 0 Å². The molecule has 3 rings (SSSR count). The highest BCUT2D eigenvalue weighted by Crippen LogP contribution is 2.37. The number of hydrogen-bond acceptors (Lipinski definition) is 1. The standard InChI is InChI=1S/C14H18BrN/c15-11-6-7-12-10(9-11)3-1-4-13(12)14-5-2-8-16-14/h6-7,9,13-14,16H,1-5,8H2. The van der Waals surface area contributed by atoms with Gasteiger partial charge in [-0.3, -0.25) is 0 Å². The van der Waals surface area contributed by atoms with Gasteiger partial charge in [0.2, 0.25) is 0 Å². The van der Waals surface area contributed by atoms with E-state index in [2.05, 4.69) is 39.4 Å². The molecule has 0 bridgehead atoms. The molecule has 1 N–H and O–H groups in total. The number of nitrogens with one attached hydrogen (secondary N) is 1. The largest absolute Gasteiger partial charge is 0.313 e. The molecular weight excluding hydrogens is 262 g/mol. The van der Waals surface area contributed by atoms with E-state index in [4.69, 9.17) is 0 Å². The molecule has 2 aliphatic rings. The molecular formula is C14H18BrN. The zero-order chi connectivity index (χ0) is 11.0. The molecule has 1 aliphatic carbocycles. The zero-order valence-corrected chi connectivity index (χ0v) is 11.1. The Hall–Kier alpha value is -0.340. The number of benzene rings is 1. The lowest BCUT2D eigenvalue weighted by Crippen LogP contribution is -2.31.